The van der Waals surface area contributed by atoms with E-state index in [9.17, 15) is 33.9 Å². The Bertz CT molecular complexity index is 1450. The monoisotopic (exact) mass is 711 g/mol. The molecule has 4 aliphatic carbocycles. The number of benzene rings is 1. The minimum absolute atomic E-state index is 0.0238. The SMILES string of the molecule is C[C@@]12C(=O)O[C@]3(CC[C@@H]1O)[C@@H]1CC[C@H]4C[C@]1(C[C@@H]4CS(=O)CCOC(=O)c1cc([125I])c(N=[N+]=[N-])cc1O)[C@@H](C(=O)O)[C@@H]32. The molecule has 0 radical (unpaired) electrons. The Labute approximate surface area is 257 Å². The van der Waals surface area contributed by atoms with Crippen LogP contribution in [0.2, 0.25) is 0 Å². The van der Waals surface area contributed by atoms with Crippen molar-refractivity contribution in [3.63, 3.8) is 0 Å². The lowest BCUT2D eigenvalue weighted by Crippen LogP contribution is -2.53. The molecule has 1 heterocycles. The minimum atomic E-state index is -1.34. The van der Waals surface area contributed by atoms with Crippen LogP contribution in [-0.4, -0.2) is 67.3 Å². The molecule has 42 heavy (non-hydrogen) atoms. The van der Waals surface area contributed by atoms with Crippen molar-refractivity contribution in [1.29, 1.82) is 0 Å². The molecular formula is C28H32IN3O9S. The third kappa shape index (κ3) is 4.11. The zero-order valence-corrected chi connectivity index (χ0v) is 25.9. The highest BCUT2D eigenvalue weighted by molar-refractivity contribution is 14.1. The van der Waals surface area contributed by atoms with Crippen molar-refractivity contribution < 1.29 is 43.4 Å². The molecule has 226 valence electrons. The number of carbonyl (C=O) groups is 3. The summed E-state index contributed by atoms with van der Waals surface area (Å²) in [4.78, 5) is 41.2. The summed E-state index contributed by atoms with van der Waals surface area (Å²) in [6.07, 6.45) is 2.76. The van der Waals surface area contributed by atoms with Crippen LogP contribution in [0.15, 0.2) is 17.2 Å². The van der Waals surface area contributed by atoms with Crippen LogP contribution in [-0.2, 0) is 29.9 Å². The average Bonchev–Trinajstić information content (AvgIpc) is 3.41. The summed E-state index contributed by atoms with van der Waals surface area (Å²) in [6.45, 7) is 1.55. The number of carboxylic acid groups (broad SMARTS) is 1. The van der Waals surface area contributed by atoms with Gasteiger partial charge < -0.3 is 24.8 Å². The lowest BCUT2D eigenvalue weighted by molar-refractivity contribution is -0.162. The fourth-order valence-electron chi connectivity index (χ4n) is 9.55. The number of phenolic OH excluding ortho intramolecular Hbond substituents is 1. The molecule has 5 fully saturated rings. The van der Waals surface area contributed by atoms with Gasteiger partial charge in [0, 0.05) is 36.9 Å². The second kappa shape index (κ2) is 10.3. The van der Waals surface area contributed by atoms with Crippen LogP contribution in [0, 0.1) is 44.0 Å². The van der Waals surface area contributed by atoms with Crippen molar-refractivity contribution in [2.75, 3.05) is 18.1 Å². The summed E-state index contributed by atoms with van der Waals surface area (Å²) < 4.78 is 25.0. The first kappa shape index (κ1) is 29.6. The molecule has 5 aliphatic rings. The van der Waals surface area contributed by atoms with E-state index in [0.717, 1.165) is 12.8 Å². The molecular weight excluding hydrogens is 679 g/mol. The first-order chi connectivity index (χ1) is 19.9. The number of halogens is 1. The number of aliphatic hydroxyl groups is 1. The highest BCUT2D eigenvalue weighted by Crippen LogP contribution is 2.78. The van der Waals surface area contributed by atoms with Crippen LogP contribution < -0.4 is 0 Å². The summed E-state index contributed by atoms with van der Waals surface area (Å²) >= 11 is 1.88. The molecule has 6 rings (SSSR count). The van der Waals surface area contributed by atoms with Gasteiger partial charge in [-0.25, -0.2) is 4.79 Å². The molecule has 1 spiro atoms. The smallest absolute Gasteiger partial charge is 0.341 e. The summed E-state index contributed by atoms with van der Waals surface area (Å²) in [5.41, 5.74) is 6.01. The Morgan fingerprint density at radius 2 is 2.05 bits per heavy atom. The standard InChI is InChI=1S/C28H32IN3O9S/c1-26-20(34)4-5-28(41-25(26)38)19-3-2-13-10-27(19,21(22(26)28)23(35)36)11-14(13)12-42(39)7-6-40-24(37)15-8-16(29)17(31-32-30)9-18(15)33/h8-9,13-14,19-22,33-34H,2-7,10-12H2,1H3,(H,35,36)/t13-,14+,19+,20-,21+,22+,26+,27+,28+,42?/m0/s1/i29-2. The number of aromatic hydroxyl groups is 1. The van der Waals surface area contributed by atoms with Crippen LogP contribution in [0.1, 0.15) is 55.8 Å². The molecule has 14 heteroatoms. The predicted molar refractivity (Wildman–Crippen MR) is 156 cm³/mol. The van der Waals surface area contributed by atoms with E-state index in [2.05, 4.69) is 10.0 Å². The fraction of sp³-hybridized carbons (Fsp3) is 0.679. The topological polar surface area (TPSA) is 196 Å². The zero-order chi connectivity index (χ0) is 30.2. The van der Waals surface area contributed by atoms with Crippen LogP contribution >= 0.6 is 22.6 Å². The van der Waals surface area contributed by atoms with Crippen LogP contribution in [0.4, 0.5) is 5.69 Å². The van der Waals surface area contributed by atoms with E-state index in [1.807, 2.05) is 22.6 Å². The second-order valence-electron chi connectivity index (χ2n) is 12.7. The van der Waals surface area contributed by atoms with Gasteiger partial charge in [-0.1, -0.05) is 5.11 Å². The van der Waals surface area contributed by atoms with Gasteiger partial charge in [-0.2, -0.15) is 0 Å². The first-order valence-electron chi connectivity index (χ1n) is 14.1. The number of aliphatic hydroxyl groups excluding tert-OH is 1. The highest BCUT2D eigenvalue weighted by Gasteiger charge is 2.83. The molecule has 1 aromatic rings. The van der Waals surface area contributed by atoms with Crippen LogP contribution in [0.3, 0.4) is 0 Å². The number of carbonyl (C=O) groups excluding carboxylic acids is 2. The lowest BCUT2D eigenvalue weighted by Gasteiger charge is -2.44. The van der Waals surface area contributed by atoms with E-state index < -0.39 is 63.1 Å². The summed E-state index contributed by atoms with van der Waals surface area (Å²) in [6, 6.07) is 2.53. The maximum Gasteiger partial charge on any atom is 0.341 e. The van der Waals surface area contributed by atoms with E-state index in [1.165, 1.54) is 12.1 Å². The van der Waals surface area contributed by atoms with Gasteiger partial charge in [-0.05, 0) is 103 Å². The maximum absolute atomic E-state index is 13.2. The van der Waals surface area contributed by atoms with Crippen molar-refractivity contribution in [3.05, 3.63) is 31.7 Å². The maximum atomic E-state index is 13.2. The van der Waals surface area contributed by atoms with E-state index in [-0.39, 0.29) is 47.1 Å². The van der Waals surface area contributed by atoms with Crippen molar-refractivity contribution in [2.24, 2.45) is 45.5 Å². The van der Waals surface area contributed by atoms with Gasteiger partial charge in [-0.15, -0.1) is 0 Å². The number of azide groups is 1. The largest absolute Gasteiger partial charge is 0.507 e. The molecule has 1 unspecified atom stereocenters. The minimum Gasteiger partial charge on any atom is -0.507 e. The van der Waals surface area contributed by atoms with Crippen LogP contribution in [0.5, 0.6) is 5.75 Å². The molecule has 4 saturated carbocycles. The number of fused-ring (bicyclic) bond motifs is 1. The number of hydrogen-bond donors (Lipinski definition) is 3. The van der Waals surface area contributed by atoms with Gasteiger partial charge in [0.1, 0.15) is 23.5 Å². The normalized spacial score (nSPS) is 39.9. The fourth-order valence-corrected chi connectivity index (χ4v) is 11.4. The quantitative estimate of drug-likeness (QED) is 0.117. The molecule has 1 aliphatic heterocycles. The molecule has 4 bridgehead atoms. The van der Waals surface area contributed by atoms with E-state index in [4.69, 9.17) is 15.0 Å². The highest BCUT2D eigenvalue weighted by atomic mass is 125. The summed E-state index contributed by atoms with van der Waals surface area (Å²) in [5.74, 6) is -3.46. The molecule has 1 aromatic carbocycles. The van der Waals surface area contributed by atoms with Gasteiger partial charge in [0.25, 0.3) is 0 Å². The molecule has 10 atom stereocenters. The number of ether oxygens (including phenoxy) is 2. The summed E-state index contributed by atoms with van der Waals surface area (Å²) in [5, 5.41) is 35.1. The van der Waals surface area contributed by atoms with E-state index in [0.29, 0.717) is 35.0 Å². The van der Waals surface area contributed by atoms with Gasteiger partial charge in [0.05, 0.1) is 28.9 Å². The van der Waals surface area contributed by atoms with Gasteiger partial charge in [-0.3, -0.25) is 13.8 Å². The number of esters is 2. The Hall–Kier alpha value is -2.42. The molecule has 0 amide bonds. The van der Waals surface area contributed by atoms with Gasteiger partial charge in [0.2, 0.25) is 0 Å². The number of hydrogen-bond acceptors (Lipinski definition) is 9. The van der Waals surface area contributed by atoms with Crippen molar-refractivity contribution in [2.45, 2.75) is 57.2 Å². The van der Waals surface area contributed by atoms with E-state index >= 15 is 0 Å². The van der Waals surface area contributed by atoms with Crippen molar-refractivity contribution in [3.8, 4) is 5.75 Å². The number of rotatable bonds is 8. The summed E-state index contributed by atoms with van der Waals surface area (Å²) in [7, 11) is -1.34. The number of nitrogens with zero attached hydrogens (tertiary/aromatic N) is 3. The third-order valence-electron chi connectivity index (χ3n) is 11.1. The van der Waals surface area contributed by atoms with Gasteiger partial charge >= 0.3 is 17.9 Å². The van der Waals surface area contributed by atoms with Crippen LogP contribution in [0.25, 0.3) is 10.4 Å². The van der Waals surface area contributed by atoms with Crippen molar-refractivity contribution >= 4 is 57.0 Å². The lowest BCUT2D eigenvalue weighted by atomic mass is 9.59. The predicted octanol–water partition coefficient (Wildman–Crippen LogP) is 4.05. The number of phenols is 1. The molecule has 1 saturated heterocycles. The second-order valence-corrected chi connectivity index (χ2v) is 15.5. The molecule has 0 aromatic heterocycles. The first-order valence-corrected chi connectivity index (χ1v) is 16.7. The number of carboxylic acids is 1. The van der Waals surface area contributed by atoms with Crippen molar-refractivity contribution in [1.82, 2.24) is 0 Å². The molecule has 12 nitrogen and oxygen atoms in total. The third-order valence-corrected chi connectivity index (χ3v) is 13.3. The van der Waals surface area contributed by atoms with E-state index in [1.54, 1.807) is 6.92 Å². The Morgan fingerprint density at radius 3 is 2.76 bits per heavy atom. The Balaban J connectivity index is 1.14. The average molecular weight is 712 g/mol. The zero-order valence-electron chi connectivity index (χ0n) is 22.9. The molecule has 3 N–H and O–H groups in total. The van der Waals surface area contributed by atoms with Gasteiger partial charge in [0.15, 0.2) is 0 Å². The number of aliphatic carboxylic acids is 1. The Kier molecular flexibility index (Phi) is 7.30. The Morgan fingerprint density at radius 1 is 1.29 bits per heavy atom.